The lowest BCUT2D eigenvalue weighted by Crippen LogP contribution is -2.52. The van der Waals surface area contributed by atoms with Crippen LogP contribution in [0.1, 0.15) is 77.1 Å². The van der Waals surface area contributed by atoms with Gasteiger partial charge in [-0.25, -0.2) is 4.79 Å². The topological polar surface area (TPSA) is 137 Å². The Labute approximate surface area is 238 Å². The summed E-state index contributed by atoms with van der Waals surface area (Å²) in [7, 11) is 0. The van der Waals surface area contributed by atoms with Gasteiger partial charge in [-0.15, -0.1) is 0 Å². The van der Waals surface area contributed by atoms with Crippen LogP contribution in [0.3, 0.4) is 0 Å². The van der Waals surface area contributed by atoms with E-state index in [1.54, 1.807) is 52.3 Å². The number of hydrogen-bond acceptors (Lipinski definition) is 7. The zero-order valence-corrected chi connectivity index (χ0v) is 23.4. The summed E-state index contributed by atoms with van der Waals surface area (Å²) in [5.41, 5.74) is 2.03. The lowest BCUT2D eigenvalue weighted by Gasteiger charge is -2.35. The molecule has 2 aromatic rings. The molecule has 3 aliphatic heterocycles. The number of carbonyl (C=O) groups excluding carboxylic acids is 5. The van der Waals surface area contributed by atoms with Crippen molar-refractivity contribution in [3.8, 4) is 0 Å². The van der Waals surface area contributed by atoms with Gasteiger partial charge in [0, 0.05) is 50.3 Å². The van der Waals surface area contributed by atoms with Gasteiger partial charge in [-0.2, -0.15) is 0 Å². The standard InChI is InChI=1S/C30H34N4O7/c1-30(2,3)41-29(40)33-15-13-32(14-16-33)27(38)19-9-7-18(8-10-19)25(36)20-5-4-6-21-22(20)17-34(28(21)39)23-11-12-24(35)31-26(23)37/h4-10,23,25,36H,11-17H2,1-3H3,(H,31,35,37). The highest BCUT2D eigenvalue weighted by molar-refractivity contribution is 6.05. The van der Waals surface area contributed by atoms with Crippen molar-refractivity contribution in [3.05, 3.63) is 70.3 Å². The number of fused-ring (bicyclic) bond motifs is 1. The van der Waals surface area contributed by atoms with Crippen LogP contribution < -0.4 is 5.32 Å². The average molecular weight is 563 g/mol. The first-order chi connectivity index (χ1) is 19.4. The number of rotatable bonds is 4. The van der Waals surface area contributed by atoms with E-state index in [4.69, 9.17) is 4.74 Å². The van der Waals surface area contributed by atoms with E-state index in [-0.39, 0.29) is 37.1 Å². The van der Waals surface area contributed by atoms with Gasteiger partial charge in [0.05, 0.1) is 0 Å². The Bertz CT molecular complexity index is 1390. The van der Waals surface area contributed by atoms with E-state index >= 15 is 0 Å². The second-order valence-corrected chi connectivity index (χ2v) is 11.6. The molecule has 0 aromatic heterocycles. The van der Waals surface area contributed by atoms with Crippen molar-refractivity contribution in [3.63, 3.8) is 0 Å². The fourth-order valence-corrected chi connectivity index (χ4v) is 5.45. The second-order valence-electron chi connectivity index (χ2n) is 11.6. The van der Waals surface area contributed by atoms with Gasteiger partial charge < -0.3 is 24.5 Å². The van der Waals surface area contributed by atoms with E-state index in [0.29, 0.717) is 54.0 Å². The lowest BCUT2D eigenvalue weighted by molar-refractivity contribution is -0.136. The number of carbonyl (C=O) groups is 5. The van der Waals surface area contributed by atoms with Crippen LogP contribution in [0.2, 0.25) is 0 Å². The molecule has 0 aliphatic carbocycles. The summed E-state index contributed by atoms with van der Waals surface area (Å²) >= 11 is 0. The van der Waals surface area contributed by atoms with Crippen molar-refractivity contribution < 1.29 is 33.8 Å². The average Bonchev–Trinajstić information content (AvgIpc) is 3.27. The summed E-state index contributed by atoms with van der Waals surface area (Å²) in [4.78, 5) is 67.2. The van der Waals surface area contributed by atoms with Crippen LogP contribution in [0.5, 0.6) is 0 Å². The van der Waals surface area contributed by atoms with Gasteiger partial charge >= 0.3 is 6.09 Å². The Balaban J connectivity index is 1.25. The number of piperidine rings is 1. The summed E-state index contributed by atoms with van der Waals surface area (Å²) in [6.07, 6.45) is -1.03. The number of ether oxygens (including phenoxy) is 1. The molecule has 0 bridgehead atoms. The molecule has 2 unspecified atom stereocenters. The first-order valence-corrected chi connectivity index (χ1v) is 13.7. The minimum atomic E-state index is -1.05. The summed E-state index contributed by atoms with van der Waals surface area (Å²) in [5.74, 6) is -1.32. The first-order valence-electron chi connectivity index (χ1n) is 13.7. The zero-order chi connectivity index (χ0) is 29.5. The molecule has 5 rings (SSSR count). The number of aliphatic hydroxyl groups is 1. The quantitative estimate of drug-likeness (QED) is 0.546. The molecule has 2 N–H and O–H groups in total. The maximum Gasteiger partial charge on any atom is 0.410 e. The number of piperazine rings is 1. The molecule has 2 fully saturated rings. The van der Waals surface area contributed by atoms with E-state index in [9.17, 15) is 29.1 Å². The Morgan fingerprint density at radius 1 is 0.976 bits per heavy atom. The predicted molar refractivity (Wildman–Crippen MR) is 147 cm³/mol. The summed E-state index contributed by atoms with van der Waals surface area (Å²) in [5, 5.41) is 13.6. The van der Waals surface area contributed by atoms with Crippen LogP contribution in [0, 0.1) is 0 Å². The van der Waals surface area contributed by atoms with Crippen molar-refractivity contribution in [2.24, 2.45) is 0 Å². The third-order valence-corrected chi connectivity index (χ3v) is 7.60. The van der Waals surface area contributed by atoms with Crippen molar-refractivity contribution in [1.82, 2.24) is 20.0 Å². The molecule has 41 heavy (non-hydrogen) atoms. The minimum absolute atomic E-state index is 0.152. The number of nitrogens with zero attached hydrogens (tertiary/aromatic N) is 3. The molecule has 5 amide bonds. The number of imide groups is 1. The molecule has 0 spiro atoms. The van der Waals surface area contributed by atoms with Crippen molar-refractivity contribution in [2.45, 2.75) is 57.9 Å². The van der Waals surface area contributed by atoms with Gasteiger partial charge in [-0.05, 0) is 62.1 Å². The van der Waals surface area contributed by atoms with E-state index < -0.39 is 29.7 Å². The normalized spacial score (nSPS) is 20.0. The van der Waals surface area contributed by atoms with Crippen LogP contribution in [0.4, 0.5) is 4.79 Å². The van der Waals surface area contributed by atoms with Gasteiger partial charge in [0.15, 0.2) is 0 Å². The molecule has 0 saturated carbocycles. The fraction of sp³-hybridized carbons (Fsp3) is 0.433. The number of nitrogens with one attached hydrogen (secondary N) is 1. The molecule has 216 valence electrons. The molecule has 2 saturated heterocycles. The van der Waals surface area contributed by atoms with Gasteiger partial charge in [0.2, 0.25) is 11.8 Å². The predicted octanol–water partition coefficient (Wildman–Crippen LogP) is 2.22. The SMILES string of the molecule is CC(C)(C)OC(=O)N1CCN(C(=O)c2ccc(C(O)c3cccc4c3CN(C3CCC(=O)NC3=O)C4=O)cc2)CC1. The molecule has 2 aromatic carbocycles. The van der Waals surface area contributed by atoms with Crippen LogP contribution in [0.25, 0.3) is 0 Å². The summed E-state index contributed by atoms with van der Waals surface area (Å²) in [6, 6.07) is 11.0. The summed E-state index contributed by atoms with van der Waals surface area (Å²) in [6.45, 7) is 7.12. The van der Waals surface area contributed by atoms with Gasteiger partial charge in [-0.3, -0.25) is 24.5 Å². The van der Waals surface area contributed by atoms with E-state index in [1.165, 1.54) is 4.90 Å². The minimum Gasteiger partial charge on any atom is -0.444 e. The first kappa shape index (κ1) is 28.3. The highest BCUT2D eigenvalue weighted by atomic mass is 16.6. The van der Waals surface area contributed by atoms with Crippen LogP contribution in [-0.4, -0.2) is 87.4 Å². The molecule has 2 atom stereocenters. The van der Waals surface area contributed by atoms with E-state index in [1.807, 2.05) is 20.8 Å². The second kappa shape index (κ2) is 11.0. The van der Waals surface area contributed by atoms with E-state index in [2.05, 4.69) is 5.32 Å². The Kier molecular flexibility index (Phi) is 7.56. The number of aliphatic hydroxyl groups excluding tert-OH is 1. The molecule has 3 aliphatic rings. The monoisotopic (exact) mass is 562 g/mol. The Morgan fingerprint density at radius 3 is 2.27 bits per heavy atom. The largest absolute Gasteiger partial charge is 0.444 e. The van der Waals surface area contributed by atoms with Gasteiger partial charge in [0.1, 0.15) is 17.7 Å². The molecular formula is C30H34N4O7. The van der Waals surface area contributed by atoms with E-state index in [0.717, 1.165) is 0 Å². The van der Waals surface area contributed by atoms with Crippen molar-refractivity contribution in [1.29, 1.82) is 0 Å². The van der Waals surface area contributed by atoms with Gasteiger partial charge in [-0.1, -0.05) is 24.3 Å². The molecular weight excluding hydrogens is 528 g/mol. The smallest absolute Gasteiger partial charge is 0.410 e. The molecule has 0 radical (unpaired) electrons. The Morgan fingerprint density at radius 2 is 1.63 bits per heavy atom. The highest BCUT2D eigenvalue weighted by Crippen LogP contribution is 2.34. The van der Waals surface area contributed by atoms with Crippen LogP contribution in [-0.2, 0) is 20.9 Å². The summed E-state index contributed by atoms with van der Waals surface area (Å²) < 4.78 is 5.42. The van der Waals surface area contributed by atoms with Crippen LogP contribution in [0.15, 0.2) is 42.5 Å². The van der Waals surface area contributed by atoms with Gasteiger partial charge in [0.25, 0.3) is 11.8 Å². The maximum atomic E-state index is 13.1. The Hall–Kier alpha value is -4.25. The third kappa shape index (κ3) is 5.81. The molecule has 11 heteroatoms. The number of benzene rings is 2. The molecule has 11 nitrogen and oxygen atoms in total. The fourth-order valence-electron chi connectivity index (χ4n) is 5.45. The van der Waals surface area contributed by atoms with Crippen molar-refractivity contribution >= 4 is 29.7 Å². The zero-order valence-electron chi connectivity index (χ0n) is 23.4. The van der Waals surface area contributed by atoms with Crippen molar-refractivity contribution in [2.75, 3.05) is 26.2 Å². The number of amides is 5. The number of hydrogen-bond donors (Lipinski definition) is 2. The third-order valence-electron chi connectivity index (χ3n) is 7.60. The maximum absolute atomic E-state index is 13.1. The molecule has 3 heterocycles. The van der Waals surface area contributed by atoms with Crippen LogP contribution >= 0.6 is 0 Å². The lowest BCUT2D eigenvalue weighted by atomic mass is 9.94. The highest BCUT2D eigenvalue weighted by Gasteiger charge is 2.40.